The van der Waals surface area contributed by atoms with Gasteiger partial charge in [0.15, 0.2) is 0 Å². The molecule has 0 bridgehead atoms. The second-order valence-corrected chi connectivity index (χ2v) is 9.92. The Balaban J connectivity index is 1.65. The number of hydrogen-bond donors (Lipinski definition) is 3. The summed E-state index contributed by atoms with van der Waals surface area (Å²) in [5.74, 6) is -0.802. The average molecular weight is 488 g/mol. The topological polar surface area (TPSA) is 120 Å². The number of rotatable bonds is 10. The van der Waals surface area contributed by atoms with Crippen LogP contribution in [0.5, 0.6) is 0 Å². The molecule has 10 heteroatoms. The Hall–Kier alpha value is -2.97. The fourth-order valence-electron chi connectivity index (χ4n) is 3.02. The quantitative estimate of drug-likeness (QED) is 0.267. The van der Waals surface area contributed by atoms with Gasteiger partial charge in [0, 0.05) is 16.0 Å². The molecule has 0 radical (unpaired) electrons. The zero-order valence-corrected chi connectivity index (χ0v) is 20.1. The Labute approximate surface area is 196 Å². The second kappa shape index (κ2) is 11.2. The summed E-state index contributed by atoms with van der Waals surface area (Å²) >= 11 is 1.60. The summed E-state index contributed by atoms with van der Waals surface area (Å²) < 4.78 is 22.8. The number of hydrogen-bond acceptors (Lipinski definition) is 7. The van der Waals surface area contributed by atoms with Crippen molar-refractivity contribution < 1.29 is 23.2 Å². The lowest BCUT2D eigenvalue weighted by Gasteiger charge is -2.17. The molecule has 1 aromatic heterocycles. The fourth-order valence-corrected chi connectivity index (χ4v) is 5.13. The monoisotopic (exact) mass is 487 g/mol. The molecule has 0 spiro atoms. The van der Waals surface area contributed by atoms with E-state index in [0.717, 1.165) is 10.4 Å². The Bertz CT molecular complexity index is 1140. The van der Waals surface area contributed by atoms with Crippen molar-refractivity contribution >= 4 is 42.1 Å². The molecule has 0 saturated heterocycles. The summed E-state index contributed by atoms with van der Waals surface area (Å²) in [6.45, 7) is 3.81. The van der Waals surface area contributed by atoms with Gasteiger partial charge in [-0.3, -0.25) is 14.2 Å². The molecule has 3 aromatic rings. The minimum absolute atomic E-state index is 0.206. The lowest BCUT2D eigenvalue weighted by Crippen LogP contribution is -2.25. The maximum absolute atomic E-state index is 12.7. The molecule has 0 fully saturated rings. The van der Waals surface area contributed by atoms with Crippen LogP contribution >= 0.6 is 18.9 Å². The minimum atomic E-state index is -3.39. The van der Waals surface area contributed by atoms with Gasteiger partial charge in [-0.15, -0.1) is 11.3 Å². The van der Waals surface area contributed by atoms with E-state index in [1.807, 2.05) is 29.6 Å². The van der Waals surface area contributed by atoms with E-state index in [9.17, 15) is 14.2 Å². The largest absolute Gasteiger partial charge is 0.397 e. The van der Waals surface area contributed by atoms with E-state index in [0.29, 0.717) is 22.5 Å². The van der Waals surface area contributed by atoms with Crippen molar-refractivity contribution in [3.63, 3.8) is 0 Å². The number of amides is 2. The number of nitrogens with two attached hydrogens (primary N) is 1. The number of carbonyl (C=O) groups is 2. The number of thiophene rings is 1. The second-order valence-electron chi connectivity index (χ2n) is 6.92. The lowest BCUT2D eigenvalue weighted by molar-refractivity contribution is 0.0952. The number of nitrogen functional groups attached to an aromatic ring is 1. The lowest BCUT2D eigenvalue weighted by atomic mass is 10.1. The van der Waals surface area contributed by atoms with Gasteiger partial charge in [-0.1, -0.05) is 12.1 Å². The third kappa shape index (κ3) is 6.52. The van der Waals surface area contributed by atoms with Crippen molar-refractivity contribution in [2.75, 3.05) is 30.6 Å². The zero-order valence-electron chi connectivity index (χ0n) is 18.4. The van der Waals surface area contributed by atoms with Crippen LogP contribution in [0.15, 0.2) is 60.0 Å². The number of anilines is 2. The van der Waals surface area contributed by atoms with Gasteiger partial charge in [-0.25, -0.2) is 0 Å². The molecule has 1 heterocycles. The van der Waals surface area contributed by atoms with Gasteiger partial charge in [0.1, 0.15) is 6.29 Å². The van der Waals surface area contributed by atoms with E-state index < -0.39 is 13.5 Å². The van der Waals surface area contributed by atoms with Crippen LogP contribution in [0.25, 0.3) is 10.4 Å². The first-order chi connectivity index (χ1) is 15.8. The normalized spacial score (nSPS) is 11.2. The van der Waals surface area contributed by atoms with Gasteiger partial charge in [0.25, 0.3) is 11.8 Å². The van der Waals surface area contributed by atoms with Crippen LogP contribution < -0.4 is 16.4 Å². The summed E-state index contributed by atoms with van der Waals surface area (Å²) in [4.78, 5) is 26.2. The van der Waals surface area contributed by atoms with Gasteiger partial charge in [0.05, 0.1) is 24.6 Å². The summed E-state index contributed by atoms with van der Waals surface area (Å²) in [6.07, 6.45) is -0.240. The van der Waals surface area contributed by atoms with Gasteiger partial charge < -0.3 is 25.4 Å². The maximum atomic E-state index is 12.7. The molecule has 33 heavy (non-hydrogen) atoms. The molecule has 2 aromatic carbocycles. The molecular weight excluding hydrogens is 461 g/mol. The molecule has 0 saturated carbocycles. The highest BCUT2D eigenvalue weighted by Crippen LogP contribution is 2.46. The molecule has 0 aliphatic carbocycles. The van der Waals surface area contributed by atoms with Crippen LogP contribution in [0.3, 0.4) is 0 Å². The summed E-state index contributed by atoms with van der Waals surface area (Å²) in [5, 5.41) is 7.36. The molecular formula is C23H26N3O5PS. The first kappa shape index (κ1) is 24.7. The van der Waals surface area contributed by atoms with Crippen LogP contribution in [0, 0.1) is 0 Å². The van der Waals surface area contributed by atoms with E-state index in [1.54, 1.807) is 31.3 Å². The maximum Gasteiger partial charge on any atom is 0.349 e. The summed E-state index contributed by atoms with van der Waals surface area (Å²) in [5.41, 5.74) is 8.63. The predicted molar refractivity (Wildman–Crippen MR) is 132 cm³/mol. The van der Waals surface area contributed by atoms with Crippen LogP contribution in [0.1, 0.15) is 34.6 Å². The van der Waals surface area contributed by atoms with Gasteiger partial charge in [0.2, 0.25) is 0 Å². The van der Waals surface area contributed by atoms with Crippen LogP contribution in [-0.2, 0) is 13.6 Å². The highest BCUT2D eigenvalue weighted by Gasteiger charge is 2.24. The molecule has 8 nitrogen and oxygen atoms in total. The molecule has 2 amide bonds. The number of carbonyl (C=O) groups excluding carboxylic acids is 2. The Morgan fingerprint density at radius 1 is 0.970 bits per heavy atom. The Kier molecular flexibility index (Phi) is 8.41. The van der Waals surface area contributed by atoms with E-state index in [1.165, 1.54) is 24.3 Å². The Morgan fingerprint density at radius 2 is 1.61 bits per heavy atom. The summed E-state index contributed by atoms with van der Waals surface area (Å²) in [6, 6.07) is 15.5. The summed E-state index contributed by atoms with van der Waals surface area (Å²) in [7, 11) is -3.39. The van der Waals surface area contributed by atoms with Crippen molar-refractivity contribution in [1.82, 2.24) is 5.32 Å². The zero-order chi connectivity index (χ0) is 23.8. The molecule has 4 N–H and O–H groups in total. The number of nitrogens with one attached hydrogen (secondary N) is 2. The van der Waals surface area contributed by atoms with Gasteiger partial charge in [-0.05, 0) is 67.3 Å². The average Bonchev–Trinajstić information content (AvgIpc) is 3.34. The molecule has 0 aliphatic heterocycles. The Morgan fingerprint density at radius 3 is 2.18 bits per heavy atom. The molecule has 174 valence electrons. The molecule has 0 unspecified atom stereocenters. The van der Waals surface area contributed by atoms with Gasteiger partial charge in [-0.2, -0.15) is 0 Å². The fraction of sp³-hybridized carbons (Fsp3) is 0.217. The van der Waals surface area contributed by atoms with E-state index in [-0.39, 0.29) is 25.4 Å². The van der Waals surface area contributed by atoms with Crippen molar-refractivity contribution in [2.24, 2.45) is 0 Å². The van der Waals surface area contributed by atoms with E-state index in [4.69, 9.17) is 14.8 Å². The smallest absolute Gasteiger partial charge is 0.349 e. The van der Waals surface area contributed by atoms with Crippen molar-refractivity contribution in [2.45, 2.75) is 13.8 Å². The molecule has 3 rings (SSSR count). The molecule has 0 atom stereocenters. The van der Waals surface area contributed by atoms with E-state index >= 15 is 0 Å². The van der Waals surface area contributed by atoms with Crippen LogP contribution in [-0.4, -0.2) is 31.3 Å². The third-order valence-electron chi connectivity index (χ3n) is 4.60. The van der Waals surface area contributed by atoms with Gasteiger partial charge >= 0.3 is 7.60 Å². The van der Waals surface area contributed by atoms with E-state index in [2.05, 4.69) is 10.6 Å². The van der Waals surface area contributed by atoms with Crippen molar-refractivity contribution in [1.29, 1.82) is 0 Å². The number of benzene rings is 2. The SMILES string of the molecule is CCOP(=O)(CNC(=O)c1ccc(C(=O)Nc2cc(-c3cccs3)ccc2N)cc1)OCC. The third-order valence-corrected chi connectivity index (χ3v) is 7.37. The van der Waals surface area contributed by atoms with Crippen molar-refractivity contribution in [3.8, 4) is 10.4 Å². The predicted octanol–water partition coefficient (Wildman–Crippen LogP) is 5.20. The molecule has 0 aliphatic rings. The minimum Gasteiger partial charge on any atom is -0.397 e. The van der Waals surface area contributed by atoms with Crippen LogP contribution in [0.2, 0.25) is 0 Å². The first-order valence-corrected chi connectivity index (χ1v) is 13.0. The van der Waals surface area contributed by atoms with Crippen LogP contribution in [0.4, 0.5) is 11.4 Å². The first-order valence-electron chi connectivity index (χ1n) is 10.4. The highest BCUT2D eigenvalue weighted by molar-refractivity contribution is 7.53. The van der Waals surface area contributed by atoms with Crippen molar-refractivity contribution in [3.05, 3.63) is 71.1 Å². The standard InChI is InChI=1S/C23H26N3O5PS/c1-3-30-32(29,31-4-2)15-25-22(27)16-7-9-17(10-8-16)23(28)26-20-14-18(11-12-19(20)24)21-6-5-13-33-21/h5-14H,3-4,15,24H2,1-2H3,(H,25,27)(H,26,28). The highest BCUT2D eigenvalue weighted by atomic mass is 32.1.